The molecule has 1 amide bonds. The van der Waals surface area contributed by atoms with E-state index < -0.39 is 21.9 Å². The van der Waals surface area contributed by atoms with E-state index in [1.54, 1.807) is 0 Å². The van der Waals surface area contributed by atoms with Crippen LogP contribution in [0.3, 0.4) is 0 Å². The van der Waals surface area contributed by atoms with Gasteiger partial charge in [0.05, 0.1) is 27.0 Å². The molecule has 1 saturated carbocycles. The maximum Gasteiger partial charge on any atom is 0.241 e. The zero-order chi connectivity index (χ0) is 31.1. The molecule has 3 aromatic carbocycles. The van der Waals surface area contributed by atoms with E-state index in [4.69, 9.17) is 23.2 Å². The predicted molar refractivity (Wildman–Crippen MR) is 174 cm³/mol. The molecule has 0 heterocycles. The Morgan fingerprint density at radius 2 is 1.70 bits per heavy atom. The summed E-state index contributed by atoms with van der Waals surface area (Å²) in [4.78, 5) is 13.3. The minimum atomic E-state index is -4.08. The highest BCUT2D eigenvalue weighted by Gasteiger charge is 2.27. The van der Waals surface area contributed by atoms with Crippen molar-refractivity contribution in [2.45, 2.75) is 81.2 Å². The minimum Gasteiger partial charge on any atom is -0.349 e. The number of nitrogens with one attached hydrogen (secondary N) is 3. The normalized spacial score (nSPS) is 17.8. The molecule has 6 nitrogen and oxygen atoms in total. The number of halogens is 3. The molecule has 2 aliphatic carbocycles. The third-order valence-corrected chi connectivity index (χ3v) is 11.0. The molecule has 44 heavy (non-hydrogen) atoms. The third kappa shape index (κ3) is 8.82. The van der Waals surface area contributed by atoms with E-state index in [2.05, 4.69) is 33.6 Å². The van der Waals surface area contributed by atoms with Gasteiger partial charge in [-0.2, -0.15) is 0 Å². The molecule has 0 aliphatic heterocycles. The van der Waals surface area contributed by atoms with Gasteiger partial charge < -0.3 is 10.6 Å². The molecular formula is C34H40Cl2FN3O3S. The number of fused-ring (bicyclic) bond motifs is 1. The Bertz CT molecular complexity index is 1550. The van der Waals surface area contributed by atoms with Gasteiger partial charge in [-0.3, -0.25) is 4.79 Å². The van der Waals surface area contributed by atoms with Gasteiger partial charge in [-0.25, -0.2) is 17.5 Å². The molecule has 236 valence electrons. The molecule has 2 atom stereocenters. The average Bonchev–Trinajstić information content (AvgIpc) is 3.52. The van der Waals surface area contributed by atoms with Crippen LogP contribution in [0, 0.1) is 11.7 Å². The summed E-state index contributed by atoms with van der Waals surface area (Å²) in [5, 5.41) is 7.09. The molecule has 10 heteroatoms. The molecule has 3 N–H and O–H groups in total. The van der Waals surface area contributed by atoms with E-state index in [1.165, 1.54) is 79.3 Å². The second-order valence-electron chi connectivity index (χ2n) is 12.0. The first-order valence-corrected chi connectivity index (χ1v) is 17.8. The lowest BCUT2D eigenvalue weighted by atomic mass is 9.86. The number of hydrogen-bond donors (Lipinski definition) is 3. The largest absolute Gasteiger partial charge is 0.349 e. The van der Waals surface area contributed by atoms with Crippen molar-refractivity contribution in [2.24, 2.45) is 5.92 Å². The maximum absolute atomic E-state index is 13.7. The number of aryl methyl sites for hydroxylation is 2. The summed E-state index contributed by atoms with van der Waals surface area (Å²) in [5.41, 5.74) is 4.15. The second-order valence-corrected chi connectivity index (χ2v) is 14.5. The van der Waals surface area contributed by atoms with Crippen LogP contribution in [0.15, 0.2) is 65.6 Å². The summed E-state index contributed by atoms with van der Waals surface area (Å²) in [5.74, 6) is 0.0915. The smallest absolute Gasteiger partial charge is 0.241 e. The van der Waals surface area contributed by atoms with Crippen molar-refractivity contribution in [1.82, 2.24) is 15.4 Å². The number of benzene rings is 3. The summed E-state index contributed by atoms with van der Waals surface area (Å²) in [7, 11) is -4.08. The molecule has 0 aromatic heterocycles. The van der Waals surface area contributed by atoms with E-state index in [9.17, 15) is 17.6 Å². The SMILES string of the molecule is O=C(CC(NS(=O)(=O)c1ccc(Cl)c(Cl)c1)c1ccc(F)cc1)NC1CCCc2cc(CCCNCC3CCCC3)ccc21. The lowest BCUT2D eigenvalue weighted by Gasteiger charge is -2.28. The molecule has 2 aliphatic rings. The van der Waals surface area contributed by atoms with Gasteiger partial charge in [-0.1, -0.05) is 66.4 Å². The summed E-state index contributed by atoms with van der Waals surface area (Å²) < 4.78 is 42.8. The Hall–Kier alpha value is -2.49. The van der Waals surface area contributed by atoms with Gasteiger partial charge in [-0.05, 0) is 117 Å². The molecule has 0 saturated heterocycles. The summed E-state index contributed by atoms with van der Waals surface area (Å²) >= 11 is 12.0. The van der Waals surface area contributed by atoms with Crippen molar-refractivity contribution in [3.05, 3.63) is 98.8 Å². The van der Waals surface area contributed by atoms with Gasteiger partial charge >= 0.3 is 0 Å². The summed E-state index contributed by atoms with van der Waals surface area (Å²) in [6.07, 6.45) is 10.1. The highest BCUT2D eigenvalue weighted by molar-refractivity contribution is 7.89. The third-order valence-electron chi connectivity index (χ3n) is 8.74. The summed E-state index contributed by atoms with van der Waals surface area (Å²) in [6.45, 7) is 2.15. The molecule has 0 radical (unpaired) electrons. The Morgan fingerprint density at radius 1 is 0.932 bits per heavy atom. The Kier molecular flexibility index (Phi) is 11.4. The zero-order valence-electron chi connectivity index (χ0n) is 24.8. The molecule has 0 bridgehead atoms. The number of sulfonamides is 1. The van der Waals surface area contributed by atoms with Crippen LogP contribution in [0.5, 0.6) is 0 Å². The van der Waals surface area contributed by atoms with Gasteiger partial charge in [0.25, 0.3) is 0 Å². The quantitative estimate of drug-likeness (QED) is 0.166. The first-order valence-electron chi connectivity index (χ1n) is 15.5. The molecular weight excluding hydrogens is 620 g/mol. The van der Waals surface area contributed by atoms with Crippen LogP contribution in [0.2, 0.25) is 10.0 Å². The highest BCUT2D eigenvalue weighted by atomic mass is 35.5. The average molecular weight is 661 g/mol. The fourth-order valence-corrected chi connectivity index (χ4v) is 7.98. The number of amides is 1. The highest BCUT2D eigenvalue weighted by Crippen LogP contribution is 2.32. The van der Waals surface area contributed by atoms with E-state index >= 15 is 0 Å². The lowest BCUT2D eigenvalue weighted by Crippen LogP contribution is -2.36. The van der Waals surface area contributed by atoms with Crippen LogP contribution in [0.4, 0.5) is 4.39 Å². The van der Waals surface area contributed by atoms with E-state index in [0.29, 0.717) is 5.56 Å². The second kappa shape index (κ2) is 15.2. The van der Waals surface area contributed by atoms with Gasteiger partial charge in [0.15, 0.2) is 0 Å². The van der Waals surface area contributed by atoms with Crippen molar-refractivity contribution < 1.29 is 17.6 Å². The minimum absolute atomic E-state index is 0.0824. The van der Waals surface area contributed by atoms with E-state index in [-0.39, 0.29) is 33.3 Å². The molecule has 1 fully saturated rings. The Morgan fingerprint density at radius 3 is 2.45 bits per heavy atom. The first kappa shape index (κ1) is 32.9. The molecule has 5 rings (SSSR count). The fraction of sp³-hybridized carbons (Fsp3) is 0.441. The fourth-order valence-electron chi connectivity index (χ4n) is 6.37. The van der Waals surface area contributed by atoms with Crippen LogP contribution in [0.25, 0.3) is 0 Å². The standard InChI is InChI=1S/C34H40Cl2FN3O3S/c35-30-17-15-28(20-31(30)36)44(42,43)40-33(25-11-13-27(37)14-12-25)21-34(41)39-32-9-3-8-26-19-23(10-16-29(26)32)7-4-18-38-22-24-5-1-2-6-24/h10-17,19-20,24,32-33,38,40H,1-9,18,21-22H2,(H,39,41). The monoisotopic (exact) mass is 659 g/mol. The van der Waals surface area contributed by atoms with Gasteiger partial charge in [0.2, 0.25) is 15.9 Å². The Labute approximate surface area is 270 Å². The van der Waals surface area contributed by atoms with Crippen molar-refractivity contribution >= 4 is 39.1 Å². The van der Waals surface area contributed by atoms with Crippen molar-refractivity contribution in [1.29, 1.82) is 0 Å². The molecule has 3 aromatic rings. The predicted octanol–water partition coefficient (Wildman–Crippen LogP) is 7.45. The van der Waals surface area contributed by atoms with Gasteiger partial charge in [-0.15, -0.1) is 0 Å². The van der Waals surface area contributed by atoms with Crippen LogP contribution < -0.4 is 15.4 Å². The van der Waals surface area contributed by atoms with Crippen molar-refractivity contribution in [2.75, 3.05) is 13.1 Å². The van der Waals surface area contributed by atoms with Gasteiger partial charge in [0, 0.05) is 6.42 Å². The van der Waals surface area contributed by atoms with Crippen molar-refractivity contribution in [3.8, 4) is 0 Å². The number of carbonyl (C=O) groups is 1. The molecule has 2 unspecified atom stereocenters. The van der Waals surface area contributed by atoms with Crippen LogP contribution in [0.1, 0.15) is 85.7 Å². The van der Waals surface area contributed by atoms with E-state index in [0.717, 1.165) is 56.7 Å². The molecule has 0 spiro atoms. The van der Waals surface area contributed by atoms with Crippen LogP contribution in [-0.2, 0) is 27.7 Å². The summed E-state index contributed by atoms with van der Waals surface area (Å²) in [6, 6.07) is 14.9. The number of rotatable bonds is 13. The van der Waals surface area contributed by atoms with Crippen molar-refractivity contribution in [3.63, 3.8) is 0 Å². The Balaban J connectivity index is 1.22. The topological polar surface area (TPSA) is 87.3 Å². The number of carbonyl (C=O) groups excluding carboxylic acids is 1. The number of hydrogen-bond acceptors (Lipinski definition) is 4. The first-order chi connectivity index (χ1) is 21.2. The van der Waals surface area contributed by atoms with Gasteiger partial charge in [0.1, 0.15) is 5.82 Å². The maximum atomic E-state index is 13.7. The van der Waals surface area contributed by atoms with E-state index in [1.807, 2.05) is 0 Å². The van der Waals surface area contributed by atoms with Crippen LogP contribution in [-0.4, -0.2) is 27.4 Å². The van der Waals surface area contributed by atoms with Crippen LogP contribution >= 0.6 is 23.2 Å². The zero-order valence-corrected chi connectivity index (χ0v) is 27.1. The lowest BCUT2D eigenvalue weighted by molar-refractivity contribution is -0.122.